The second-order valence-corrected chi connectivity index (χ2v) is 5.84. The van der Waals surface area contributed by atoms with E-state index in [0.29, 0.717) is 6.42 Å². The van der Waals surface area contributed by atoms with Crippen molar-refractivity contribution in [2.24, 2.45) is 0 Å². The van der Waals surface area contributed by atoms with Gasteiger partial charge in [0.05, 0.1) is 12.5 Å². The Morgan fingerprint density at radius 3 is 2.79 bits per heavy atom. The fraction of sp³-hybridized carbons (Fsp3) is 0.467. The molecule has 0 saturated heterocycles. The summed E-state index contributed by atoms with van der Waals surface area (Å²) in [6.45, 7) is 0.206. The highest BCUT2D eigenvalue weighted by atomic mass is 79.9. The number of amides is 1. The zero-order chi connectivity index (χ0) is 13.7. The molecule has 1 saturated carbocycles. The zero-order valence-corrected chi connectivity index (χ0v) is 12.4. The predicted octanol–water partition coefficient (Wildman–Crippen LogP) is 3.29. The molecule has 1 aromatic rings. The second kappa shape index (κ2) is 6.72. The molecule has 4 heteroatoms. The maximum Gasteiger partial charge on any atom is 0.228 e. The number of carbonyl (C=O) groups excluding carboxylic acids is 1. The Hall–Kier alpha value is -1.34. The average Bonchev–Trinajstić information content (AvgIpc) is 2.89. The molecule has 0 aromatic heterocycles. The Balaban J connectivity index is 2.05. The molecule has 1 aliphatic rings. The third kappa shape index (κ3) is 3.81. The van der Waals surface area contributed by atoms with Gasteiger partial charge in [-0.2, -0.15) is 5.26 Å². The van der Waals surface area contributed by atoms with Gasteiger partial charge >= 0.3 is 0 Å². The molecule has 1 amide bonds. The minimum atomic E-state index is 0.0616. The third-order valence-corrected chi connectivity index (χ3v) is 4.06. The van der Waals surface area contributed by atoms with E-state index in [0.717, 1.165) is 35.7 Å². The highest BCUT2D eigenvalue weighted by Crippen LogP contribution is 2.24. The number of benzene rings is 1. The van der Waals surface area contributed by atoms with Gasteiger partial charge in [0.1, 0.15) is 6.54 Å². The van der Waals surface area contributed by atoms with Crippen LogP contribution in [0.1, 0.15) is 31.2 Å². The summed E-state index contributed by atoms with van der Waals surface area (Å²) in [5, 5.41) is 8.90. The van der Waals surface area contributed by atoms with Crippen molar-refractivity contribution in [2.75, 3.05) is 6.54 Å². The number of hydrogen-bond donors (Lipinski definition) is 0. The van der Waals surface area contributed by atoms with Crippen molar-refractivity contribution < 1.29 is 4.79 Å². The summed E-state index contributed by atoms with van der Waals surface area (Å²) in [5.74, 6) is 0.0616. The molecule has 0 N–H and O–H groups in total. The first-order chi connectivity index (χ1) is 9.20. The summed E-state index contributed by atoms with van der Waals surface area (Å²) in [6.07, 6.45) is 4.77. The van der Waals surface area contributed by atoms with Gasteiger partial charge in [-0.15, -0.1) is 0 Å². The quantitative estimate of drug-likeness (QED) is 0.799. The highest BCUT2D eigenvalue weighted by molar-refractivity contribution is 9.10. The molecule has 0 radical (unpaired) electrons. The number of rotatable bonds is 4. The van der Waals surface area contributed by atoms with Crippen LogP contribution in [0.3, 0.4) is 0 Å². The van der Waals surface area contributed by atoms with Crippen LogP contribution in [0.5, 0.6) is 0 Å². The maximum absolute atomic E-state index is 12.4. The van der Waals surface area contributed by atoms with Gasteiger partial charge in [-0.25, -0.2) is 0 Å². The molecule has 0 unspecified atom stereocenters. The molecular formula is C15H17BrN2O. The van der Waals surface area contributed by atoms with E-state index in [-0.39, 0.29) is 18.5 Å². The minimum absolute atomic E-state index is 0.0616. The van der Waals surface area contributed by atoms with E-state index < -0.39 is 0 Å². The molecule has 2 rings (SSSR count). The van der Waals surface area contributed by atoms with Gasteiger partial charge in [0, 0.05) is 10.5 Å². The van der Waals surface area contributed by atoms with Gasteiger partial charge in [0.15, 0.2) is 0 Å². The standard InChI is InChI=1S/C15H17BrN2O/c16-13-5-3-4-12(10-13)11-15(19)18(9-8-17)14-6-1-2-7-14/h3-5,10,14H,1-2,6-7,9,11H2. The number of nitrogens with zero attached hydrogens (tertiary/aromatic N) is 2. The summed E-state index contributed by atoms with van der Waals surface area (Å²) in [6, 6.07) is 10.2. The Kier molecular flexibility index (Phi) is 4.98. The summed E-state index contributed by atoms with van der Waals surface area (Å²) in [5.41, 5.74) is 0.986. The van der Waals surface area contributed by atoms with Crippen molar-refractivity contribution in [1.82, 2.24) is 4.90 Å². The number of hydrogen-bond acceptors (Lipinski definition) is 2. The monoisotopic (exact) mass is 320 g/mol. The second-order valence-electron chi connectivity index (χ2n) is 4.92. The molecule has 3 nitrogen and oxygen atoms in total. The van der Waals surface area contributed by atoms with E-state index in [1.165, 1.54) is 0 Å². The molecule has 19 heavy (non-hydrogen) atoms. The van der Waals surface area contributed by atoms with Crippen LogP contribution < -0.4 is 0 Å². The van der Waals surface area contributed by atoms with E-state index in [4.69, 9.17) is 5.26 Å². The van der Waals surface area contributed by atoms with Gasteiger partial charge in [-0.05, 0) is 30.5 Å². The third-order valence-electron chi connectivity index (χ3n) is 3.57. The number of halogens is 1. The Morgan fingerprint density at radius 2 is 2.16 bits per heavy atom. The molecule has 0 aliphatic heterocycles. The van der Waals surface area contributed by atoms with Crippen LogP contribution in [0.4, 0.5) is 0 Å². The van der Waals surface area contributed by atoms with Crippen LogP contribution in [0.15, 0.2) is 28.7 Å². The molecule has 1 aromatic carbocycles. The van der Waals surface area contributed by atoms with Crippen LogP contribution in [0.25, 0.3) is 0 Å². The lowest BCUT2D eigenvalue weighted by Crippen LogP contribution is -2.40. The minimum Gasteiger partial charge on any atom is -0.326 e. The average molecular weight is 321 g/mol. The van der Waals surface area contributed by atoms with Gasteiger partial charge in [-0.1, -0.05) is 40.9 Å². The summed E-state index contributed by atoms with van der Waals surface area (Å²) in [7, 11) is 0. The number of carbonyl (C=O) groups is 1. The Labute approximate surface area is 122 Å². The smallest absolute Gasteiger partial charge is 0.228 e. The van der Waals surface area contributed by atoms with Crippen LogP contribution in [-0.4, -0.2) is 23.4 Å². The van der Waals surface area contributed by atoms with Crippen molar-refractivity contribution in [1.29, 1.82) is 5.26 Å². The highest BCUT2D eigenvalue weighted by Gasteiger charge is 2.26. The lowest BCUT2D eigenvalue weighted by atomic mass is 10.1. The first-order valence-corrected chi connectivity index (χ1v) is 7.41. The topological polar surface area (TPSA) is 44.1 Å². The lowest BCUT2D eigenvalue weighted by Gasteiger charge is -2.26. The van der Waals surface area contributed by atoms with E-state index in [1.807, 2.05) is 24.3 Å². The molecule has 0 bridgehead atoms. The van der Waals surface area contributed by atoms with Crippen molar-refractivity contribution in [2.45, 2.75) is 38.1 Å². The van der Waals surface area contributed by atoms with Crippen LogP contribution in [-0.2, 0) is 11.2 Å². The molecule has 0 atom stereocenters. The van der Waals surface area contributed by atoms with Crippen LogP contribution in [0, 0.1) is 11.3 Å². The van der Waals surface area contributed by atoms with Crippen molar-refractivity contribution in [3.8, 4) is 6.07 Å². The van der Waals surface area contributed by atoms with Crippen LogP contribution >= 0.6 is 15.9 Å². The zero-order valence-electron chi connectivity index (χ0n) is 10.8. The van der Waals surface area contributed by atoms with E-state index >= 15 is 0 Å². The van der Waals surface area contributed by atoms with Gasteiger partial charge in [0.25, 0.3) is 0 Å². The Morgan fingerprint density at radius 1 is 1.42 bits per heavy atom. The molecule has 0 heterocycles. The van der Waals surface area contributed by atoms with E-state index in [1.54, 1.807) is 4.90 Å². The van der Waals surface area contributed by atoms with Gasteiger partial charge in [-0.3, -0.25) is 4.79 Å². The molecule has 1 aliphatic carbocycles. The maximum atomic E-state index is 12.4. The Bertz CT molecular complexity index is 489. The summed E-state index contributed by atoms with van der Waals surface area (Å²) in [4.78, 5) is 14.1. The predicted molar refractivity (Wildman–Crippen MR) is 77.4 cm³/mol. The molecule has 1 fully saturated rings. The van der Waals surface area contributed by atoms with E-state index in [2.05, 4.69) is 22.0 Å². The fourth-order valence-corrected chi connectivity index (χ4v) is 3.08. The van der Waals surface area contributed by atoms with Gasteiger partial charge in [0.2, 0.25) is 5.91 Å². The first-order valence-electron chi connectivity index (χ1n) is 6.61. The normalized spacial score (nSPS) is 15.2. The fourth-order valence-electron chi connectivity index (χ4n) is 2.64. The molecule has 100 valence electrons. The summed E-state index contributed by atoms with van der Waals surface area (Å²) < 4.78 is 0.977. The van der Waals surface area contributed by atoms with Crippen molar-refractivity contribution in [3.63, 3.8) is 0 Å². The van der Waals surface area contributed by atoms with Gasteiger partial charge < -0.3 is 4.90 Å². The SMILES string of the molecule is N#CCN(C(=O)Cc1cccc(Br)c1)C1CCCC1. The largest absolute Gasteiger partial charge is 0.326 e. The van der Waals surface area contributed by atoms with E-state index in [9.17, 15) is 4.79 Å². The lowest BCUT2D eigenvalue weighted by molar-refractivity contribution is -0.132. The first kappa shape index (κ1) is 14.1. The van der Waals surface area contributed by atoms with Crippen molar-refractivity contribution in [3.05, 3.63) is 34.3 Å². The molecule has 0 spiro atoms. The van der Waals surface area contributed by atoms with Crippen molar-refractivity contribution >= 4 is 21.8 Å². The molecular weight excluding hydrogens is 304 g/mol. The number of nitriles is 1. The van der Waals surface area contributed by atoms with Crippen LogP contribution in [0.2, 0.25) is 0 Å². The summed E-state index contributed by atoms with van der Waals surface area (Å²) >= 11 is 3.41.